The molecule has 3 heteroatoms. The van der Waals surface area contributed by atoms with Crippen molar-refractivity contribution in [2.75, 3.05) is 19.6 Å². The lowest BCUT2D eigenvalue weighted by molar-refractivity contribution is -0.0267. The molecule has 1 saturated heterocycles. The second kappa shape index (κ2) is 7.16. The summed E-state index contributed by atoms with van der Waals surface area (Å²) in [7, 11) is 0. The zero-order chi connectivity index (χ0) is 16.3. The van der Waals surface area contributed by atoms with Crippen LogP contribution in [0.3, 0.4) is 0 Å². The molecule has 1 heterocycles. The molecule has 0 radical (unpaired) electrons. The van der Waals surface area contributed by atoms with Gasteiger partial charge in [-0.05, 0) is 42.0 Å². The SMILES string of the molecule is C[C@@H](CN1CCC(O)(c2ccc(Br)cc2)CC1)c1ccccc1. The van der Waals surface area contributed by atoms with Gasteiger partial charge in [0.05, 0.1) is 5.60 Å². The van der Waals surface area contributed by atoms with Crippen molar-refractivity contribution in [3.05, 3.63) is 70.2 Å². The van der Waals surface area contributed by atoms with Gasteiger partial charge in [-0.3, -0.25) is 0 Å². The molecule has 1 N–H and O–H groups in total. The number of rotatable bonds is 4. The Bertz CT molecular complexity index is 618. The summed E-state index contributed by atoms with van der Waals surface area (Å²) >= 11 is 3.46. The summed E-state index contributed by atoms with van der Waals surface area (Å²) in [5.74, 6) is 0.523. The van der Waals surface area contributed by atoms with Crippen molar-refractivity contribution in [3.8, 4) is 0 Å². The quantitative estimate of drug-likeness (QED) is 0.850. The van der Waals surface area contributed by atoms with E-state index in [1.807, 2.05) is 24.3 Å². The maximum absolute atomic E-state index is 11.0. The van der Waals surface area contributed by atoms with E-state index in [9.17, 15) is 5.11 Å². The Kier molecular flexibility index (Phi) is 5.20. The van der Waals surface area contributed by atoms with Gasteiger partial charge in [0.15, 0.2) is 0 Å². The van der Waals surface area contributed by atoms with E-state index in [1.54, 1.807) is 0 Å². The minimum Gasteiger partial charge on any atom is -0.385 e. The molecule has 0 bridgehead atoms. The largest absolute Gasteiger partial charge is 0.385 e. The molecule has 0 aliphatic carbocycles. The second-order valence-corrected chi connectivity index (χ2v) is 7.57. The Morgan fingerprint density at radius 3 is 2.26 bits per heavy atom. The number of hydrogen-bond donors (Lipinski definition) is 1. The van der Waals surface area contributed by atoms with E-state index in [0.29, 0.717) is 5.92 Å². The van der Waals surface area contributed by atoms with Gasteiger partial charge in [0.2, 0.25) is 0 Å². The first kappa shape index (κ1) is 16.7. The number of nitrogens with zero attached hydrogens (tertiary/aromatic N) is 1. The summed E-state index contributed by atoms with van der Waals surface area (Å²) < 4.78 is 1.05. The van der Waals surface area contributed by atoms with Crippen LogP contribution < -0.4 is 0 Å². The van der Waals surface area contributed by atoms with Gasteiger partial charge in [0.1, 0.15) is 0 Å². The molecule has 0 saturated carbocycles. The maximum atomic E-state index is 11.0. The fraction of sp³-hybridized carbons (Fsp3) is 0.400. The van der Waals surface area contributed by atoms with Crippen molar-refractivity contribution in [1.29, 1.82) is 0 Å². The van der Waals surface area contributed by atoms with Crippen LogP contribution in [-0.2, 0) is 5.60 Å². The summed E-state index contributed by atoms with van der Waals surface area (Å²) in [4.78, 5) is 2.48. The monoisotopic (exact) mass is 373 g/mol. The topological polar surface area (TPSA) is 23.5 Å². The Morgan fingerprint density at radius 2 is 1.65 bits per heavy atom. The zero-order valence-electron chi connectivity index (χ0n) is 13.6. The molecule has 0 unspecified atom stereocenters. The lowest BCUT2D eigenvalue weighted by Crippen LogP contribution is -2.43. The van der Waals surface area contributed by atoms with Gasteiger partial charge in [-0.15, -0.1) is 0 Å². The first-order chi connectivity index (χ1) is 11.1. The van der Waals surface area contributed by atoms with E-state index in [4.69, 9.17) is 0 Å². The number of benzene rings is 2. The molecule has 122 valence electrons. The van der Waals surface area contributed by atoms with Gasteiger partial charge in [0.25, 0.3) is 0 Å². The first-order valence-electron chi connectivity index (χ1n) is 8.32. The van der Waals surface area contributed by atoms with Crippen molar-refractivity contribution in [2.24, 2.45) is 0 Å². The molecule has 23 heavy (non-hydrogen) atoms. The minimum absolute atomic E-state index is 0.523. The molecule has 3 rings (SSSR count). The van der Waals surface area contributed by atoms with Gasteiger partial charge in [-0.1, -0.05) is 65.3 Å². The van der Waals surface area contributed by atoms with Crippen molar-refractivity contribution in [3.63, 3.8) is 0 Å². The third kappa shape index (κ3) is 4.03. The summed E-state index contributed by atoms with van der Waals surface area (Å²) in [5, 5.41) is 11.0. The van der Waals surface area contributed by atoms with Crippen LogP contribution in [0.25, 0.3) is 0 Å². The highest BCUT2D eigenvalue weighted by molar-refractivity contribution is 9.10. The zero-order valence-corrected chi connectivity index (χ0v) is 15.2. The Balaban J connectivity index is 1.59. The smallest absolute Gasteiger partial charge is 0.0920 e. The van der Waals surface area contributed by atoms with E-state index >= 15 is 0 Å². The van der Waals surface area contributed by atoms with Crippen LogP contribution in [-0.4, -0.2) is 29.6 Å². The van der Waals surface area contributed by atoms with Crippen LogP contribution >= 0.6 is 15.9 Å². The third-order valence-electron chi connectivity index (χ3n) is 4.97. The molecule has 1 fully saturated rings. The highest BCUT2D eigenvalue weighted by Crippen LogP contribution is 2.34. The summed E-state index contributed by atoms with van der Waals surface area (Å²) in [6.07, 6.45) is 1.60. The van der Waals surface area contributed by atoms with Crippen LogP contribution in [0.1, 0.15) is 36.8 Å². The standard InChI is InChI=1S/C20H24BrNO/c1-16(17-5-3-2-4-6-17)15-22-13-11-20(23,12-14-22)18-7-9-19(21)10-8-18/h2-10,16,23H,11-15H2,1H3/t16-/m0/s1. The number of aliphatic hydroxyl groups is 1. The van der Waals surface area contributed by atoms with Gasteiger partial charge in [-0.25, -0.2) is 0 Å². The van der Waals surface area contributed by atoms with Gasteiger partial charge >= 0.3 is 0 Å². The van der Waals surface area contributed by atoms with Gasteiger partial charge in [0, 0.05) is 24.1 Å². The van der Waals surface area contributed by atoms with Gasteiger partial charge < -0.3 is 10.0 Å². The molecule has 0 aromatic heterocycles. The molecule has 2 aromatic rings. The first-order valence-corrected chi connectivity index (χ1v) is 9.12. The van der Waals surface area contributed by atoms with Crippen molar-refractivity contribution in [1.82, 2.24) is 4.90 Å². The van der Waals surface area contributed by atoms with E-state index < -0.39 is 5.60 Å². The van der Waals surface area contributed by atoms with E-state index in [2.05, 4.69) is 58.1 Å². The number of piperidine rings is 1. The van der Waals surface area contributed by atoms with E-state index in [1.165, 1.54) is 5.56 Å². The molecule has 1 aliphatic rings. The molecule has 1 atom stereocenters. The summed E-state index contributed by atoms with van der Waals surface area (Å²) in [6, 6.07) is 18.8. The number of halogens is 1. The summed E-state index contributed by atoms with van der Waals surface area (Å²) in [5.41, 5.74) is 1.76. The van der Waals surface area contributed by atoms with E-state index in [-0.39, 0.29) is 0 Å². The van der Waals surface area contributed by atoms with Gasteiger partial charge in [-0.2, -0.15) is 0 Å². The maximum Gasteiger partial charge on any atom is 0.0920 e. The van der Waals surface area contributed by atoms with Crippen LogP contribution in [0.2, 0.25) is 0 Å². The normalized spacial score (nSPS) is 19.4. The van der Waals surface area contributed by atoms with E-state index in [0.717, 1.165) is 42.5 Å². The number of likely N-dealkylation sites (tertiary alicyclic amines) is 1. The van der Waals surface area contributed by atoms with Crippen LogP contribution in [0, 0.1) is 0 Å². The minimum atomic E-state index is -0.673. The average molecular weight is 374 g/mol. The fourth-order valence-electron chi connectivity index (χ4n) is 3.43. The van der Waals surface area contributed by atoms with Crippen LogP contribution in [0.15, 0.2) is 59.1 Å². The predicted molar refractivity (Wildman–Crippen MR) is 98.6 cm³/mol. The second-order valence-electron chi connectivity index (χ2n) is 6.65. The van der Waals surface area contributed by atoms with Crippen molar-refractivity contribution in [2.45, 2.75) is 31.3 Å². The highest BCUT2D eigenvalue weighted by atomic mass is 79.9. The lowest BCUT2D eigenvalue weighted by atomic mass is 9.84. The molecule has 1 aliphatic heterocycles. The number of hydrogen-bond acceptors (Lipinski definition) is 2. The van der Waals surface area contributed by atoms with Crippen LogP contribution in [0.4, 0.5) is 0 Å². The summed E-state index contributed by atoms with van der Waals surface area (Å²) in [6.45, 7) is 5.23. The Morgan fingerprint density at radius 1 is 1.04 bits per heavy atom. The van der Waals surface area contributed by atoms with Crippen molar-refractivity contribution < 1.29 is 5.11 Å². The lowest BCUT2D eigenvalue weighted by Gasteiger charge is -2.39. The average Bonchev–Trinajstić information content (AvgIpc) is 2.58. The Labute approximate surface area is 147 Å². The molecule has 2 aromatic carbocycles. The third-order valence-corrected chi connectivity index (χ3v) is 5.49. The Hall–Kier alpha value is -1.16. The van der Waals surface area contributed by atoms with Crippen molar-refractivity contribution >= 4 is 15.9 Å². The highest BCUT2D eigenvalue weighted by Gasteiger charge is 2.34. The molecule has 0 amide bonds. The molecular weight excluding hydrogens is 350 g/mol. The molecule has 2 nitrogen and oxygen atoms in total. The van der Waals surface area contributed by atoms with Crippen LogP contribution in [0.5, 0.6) is 0 Å². The molecular formula is C20H24BrNO. The molecule has 0 spiro atoms. The fourth-order valence-corrected chi connectivity index (χ4v) is 3.69. The predicted octanol–water partition coefficient (Wildman–Crippen LogP) is 4.54.